The molecule has 8 aromatic carbocycles. The van der Waals surface area contributed by atoms with Gasteiger partial charge in [0.2, 0.25) is 0 Å². The van der Waals surface area contributed by atoms with Gasteiger partial charge in [0.1, 0.15) is 0 Å². The van der Waals surface area contributed by atoms with Crippen molar-refractivity contribution in [2.75, 3.05) is 9.80 Å². The molecule has 330 valence electrons. The van der Waals surface area contributed by atoms with Gasteiger partial charge in [0, 0.05) is 28.0 Å². The van der Waals surface area contributed by atoms with Gasteiger partial charge in [-0.15, -0.1) is 0 Å². The van der Waals surface area contributed by atoms with Gasteiger partial charge in [0.25, 0.3) is 0 Å². The highest BCUT2D eigenvalue weighted by molar-refractivity contribution is 6.37. The SMILES string of the molecule is Cc1cc(N(c2ccc(C(C)(C)C)cc2)c2ccc(C(C)(C)C)cc2)c(Cl)c(N(c2ccc(C(C)(C)c3ccccc3)cc2)c2ccc(C(C)(C)C)cc2-c2ccc3ccccc3c2)c1. The quantitative estimate of drug-likeness (QED) is 0.143. The predicted molar refractivity (Wildman–Crippen MR) is 283 cm³/mol. The zero-order chi connectivity index (χ0) is 46.5. The Labute approximate surface area is 394 Å². The van der Waals surface area contributed by atoms with Gasteiger partial charge in [0.05, 0.1) is 22.1 Å². The molecule has 0 N–H and O–H groups in total. The molecular formula is C62H65ClN2. The van der Waals surface area contributed by atoms with Crippen molar-refractivity contribution in [1.29, 1.82) is 0 Å². The van der Waals surface area contributed by atoms with Gasteiger partial charge in [-0.25, -0.2) is 0 Å². The van der Waals surface area contributed by atoms with Crippen LogP contribution < -0.4 is 9.80 Å². The predicted octanol–water partition coefficient (Wildman–Crippen LogP) is 18.6. The number of halogens is 1. The second-order valence-electron chi connectivity index (χ2n) is 21.5. The molecule has 0 spiro atoms. The highest BCUT2D eigenvalue weighted by atomic mass is 35.5. The molecule has 8 rings (SSSR count). The first-order valence-corrected chi connectivity index (χ1v) is 23.5. The number of benzene rings is 8. The van der Waals surface area contributed by atoms with Gasteiger partial charge in [-0.2, -0.15) is 0 Å². The smallest absolute Gasteiger partial charge is 0.0887 e. The molecule has 0 amide bonds. The molecule has 0 saturated heterocycles. The number of rotatable bonds is 9. The van der Waals surface area contributed by atoms with Crippen LogP contribution in [0, 0.1) is 6.92 Å². The molecular weight excluding hydrogens is 808 g/mol. The molecule has 0 bridgehead atoms. The van der Waals surface area contributed by atoms with E-state index in [1.165, 1.54) is 38.6 Å². The van der Waals surface area contributed by atoms with Crippen LogP contribution in [0.3, 0.4) is 0 Å². The van der Waals surface area contributed by atoms with Crippen LogP contribution in [0.1, 0.15) is 110 Å². The molecule has 0 fully saturated rings. The van der Waals surface area contributed by atoms with Gasteiger partial charge in [0.15, 0.2) is 0 Å². The lowest BCUT2D eigenvalue weighted by atomic mass is 9.78. The third-order valence-corrected chi connectivity index (χ3v) is 13.5. The summed E-state index contributed by atoms with van der Waals surface area (Å²) < 4.78 is 0. The fourth-order valence-electron chi connectivity index (χ4n) is 8.95. The van der Waals surface area contributed by atoms with Crippen LogP contribution in [0.5, 0.6) is 0 Å². The van der Waals surface area contributed by atoms with Crippen LogP contribution in [0.25, 0.3) is 21.9 Å². The van der Waals surface area contributed by atoms with Gasteiger partial charge in [-0.1, -0.05) is 197 Å². The summed E-state index contributed by atoms with van der Waals surface area (Å²) in [6.07, 6.45) is 0. The number of hydrogen-bond donors (Lipinski definition) is 0. The first-order valence-electron chi connectivity index (χ1n) is 23.1. The molecule has 0 aliphatic heterocycles. The summed E-state index contributed by atoms with van der Waals surface area (Å²) in [7, 11) is 0. The lowest BCUT2D eigenvalue weighted by Gasteiger charge is -2.34. The zero-order valence-electron chi connectivity index (χ0n) is 40.5. The summed E-state index contributed by atoms with van der Waals surface area (Å²) in [5, 5.41) is 3.09. The van der Waals surface area contributed by atoms with Crippen molar-refractivity contribution >= 4 is 56.5 Å². The van der Waals surface area contributed by atoms with E-state index in [1.807, 2.05) is 0 Å². The van der Waals surface area contributed by atoms with E-state index < -0.39 is 0 Å². The van der Waals surface area contributed by atoms with Crippen molar-refractivity contribution in [2.45, 2.75) is 105 Å². The van der Waals surface area contributed by atoms with Gasteiger partial charge < -0.3 is 9.80 Å². The maximum Gasteiger partial charge on any atom is 0.0887 e. The molecule has 8 aromatic rings. The highest BCUT2D eigenvalue weighted by Gasteiger charge is 2.29. The minimum Gasteiger partial charge on any atom is -0.309 e. The Balaban J connectivity index is 1.39. The van der Waals surface area contributed by atoms with Crippen LogP contribution in [0.2, 0.25) is 5.02 Å². The Bertz CT molecular complexity index is 2880. The average molecular weight is 874 g/mol. The first-order chi connectivity index (χ1) is 30.7. The molecule has 3 heteroatoms. The first kappa shape index (κ1) is 45.5. The summed E-state index contributed by atoms with van der Waals surface area (Å²) in [5.74, 6) is 0. The number of hydrogen-bond acceptors (Lipinski definition) is 2. The lowest BCUT2D eigenvalue weighted by Crippen LogP contribution is -2.19. The van der Waals surface area contributed by atoms with Crippen LogP contribution >= 0.6 is 11.6 Å². The summed E-state index contributed by atoms with van der Waals surface area (Å²) in [5.41, 5.74) is 15.5. The van der Waals surface area contributed by atoms with Gasteiger partial charge in [-0.3, -0.25) is 0 Å². The Kier molecular flexibility index (Phi) is 12.2. The van der Waals surface area contributed by atoms with Crippen molar-refractivity contribution in [3.8, 4) is 11.1 Å². The van der Waals surface area contributed by atoms with E-state index in [1.54, 1.807) is 0 Å². The van der Waals surface area contributed by atoms with Crippen LogP contribution in [0.15, 0.2) is 176 Å². The summed E-state index contributed by atoms with van der Waals surface area (Å²) in [6, 6.07) is 64.8. The monoisotopic (exact) mass is 872 g/mol. The minimum atomic E-state index is -0.199. The summed E-state index contributed by atoms with van der Waals surface area (Å²) in [6.45, 7) is 27.2. The Morgan fingerprint density at radius 1 is 0.354 bits per heavy atom. The molecule has 0 unspecified atom stereocenters. The molecule has 0 aliphatic carbocycles. The van der Waals surface area contributed by atoms with Crippen molar-refractivity contribution in [1.82, 2.24) is 0 Å². The largest absolute Gasteiger partial charge is 0.309 e. The average Bonchev–Trinajstić information content (AvgIpc) is 3.28. The van der Waals surface area contributed by atoms with Gasteiger partial charge in [-0.05, 0) is 140 Å². The maximum atomic E-state index is 8.06. The molecule has 0 aromatic heterocycles. The second kappa shape index (κ2) is 17.4. The van der Waals surface area contributed by atoms with Crippen LogP contribution in [-0.4, -0.2) is 0 Å². The highest BCUT2D eigenvalue weighted by Crippen LogP contribution is 2.50. The molecule has 65 heavy (non-hydrogen) atoms. The fourth-order valence-corrected chi connectivity index (χ4v) is 9.22. The molecule has 0 heterocycles. The summed E-state index contributed by atoms with van der Waals surface area (Å²) >= 11 is 8.06. The minimum absolute atomic E-state index is 0.0174. The van der Waals surface area contributed by atoms with Crippen molar-refractivity contribution in [2.24, 2.45) is 0 Å². The molecule has 0 radical (unpaired) electrons. The third kappa shape index (κ3) is 9.38. The molecule has 0 aliphatic rings. The Morgan fingerprint density at radius 2 is 0.785 bits per heavy atom. The van der Waals surface area contributed by atoms with E-state index in [9.17, 15) is 0 Å². The number of aryl methyl sites for hydroxylation is 1. The Morgan fingerprint density at radius 3 is 1.31 bits per heavy atom. The van der Waals surface area contributed by atoms with Crippen molar-refractivity contribution < 1.29 is 0 Å². The lowest BCUT2D eigenvalue weighted by molar-refractivity contribution is 0.590. The van der Waals surface area contributed by atoms with Crippen LogP contribution in [-0.2, 0) is 21.7 Å². The fraction of sp³-hybridized carbons (Fsp3) is 0.258. The number of anilines is 6. The third-order valence-electron chi connectivity index (χ3n) is 13.2. The summed E-state index contributed by atoms with van der Waals surface area (Å²) in [4.78, 5) is 4.72. The van der Waals surface area contributed by atoms with Crippen molar-refractivity contribution in [3.05, 3.63) is 214 Å². The molecule has 2 nitrogen and oxygen atoms in total. The van der Waals surface area contributed by atoms with Crippen molar-refractivity contribution in [3.63, 3.8) is 0 Å². The number of nitrogens with zero attached hydrogens (tertiary/aromatic N) is 2. The molecule has 0 atom stereocenters. The standard InChI is InChI=1S/C62H65ClN2/c1-42-38-56(64(51-31-24-46(25-32-51)59(2,3)4)52-33-26-47(27-34-52)60(5,6)7)58(63)57(39-42)65(53-35-28-49(29-36-53)62(11,12)48-20-14-13-15-21-48)55-37-30-50(61(8,9)10)41-54(55)45-23-22-43-18-16-17-19-44(43)40-45/h13-41H,1-12H3. The van der Waals surface area contributed by atoms with Crippen LogP contribution in [0.4, 0.5) is 34.1 Å². The van der Waals surface area contributed by atoms with E-state index in [0.717, 1.165) is 50.8 Å². The van der Waals surface area contributed by atoms with E-state index in [4.69, 9.17) is 11.6 Å². The second-order valence-corrected chi connectivity index (χ2v) is 21.8. The zero-order valence-corrected chi connectivity index (χ0v) is 41.3. The maximum absolute atomic E-state index is 8.06. The van der Waals surface area contributed by atoms with E-state index in [2.05, 4.69) is 269 Å². The molecule has 0 saturated carbocycles. The topological polar surface area (TPSA) is 6.48 Å². The van der Waals surface area contributed by atoms with E-state index in [0.29, 0.717) is 5.02 Å². The van der Waals surface area contributed by atoms with E-state index >= 15 is 0 Å². The van der Waals surface area contributed by atoms with Gasteiger partial charge >= 0.3 is 0 Å². The Hall–Kier alpha value is -6.09. The number of fused-ring (bicyclic) bond motifs is 1. The van der Waals surface area contributed by atoms with E-state index in [-0.39, 0.29) is 21.7 Å². The normalized spacial score (nSPS) is 12.4.